The number of benzene rings is 1. The highest BCUT2D eigenvalue weighted by Gasteiger charge is 2.13. The van der Waals surface area contributed by atoms with E-state index in [-0.39, 0.29) is 5.91 Å². The Bertz CT molecular complexity index is 1010. The van der Waals surface area contributed by atoms with Gasteiger partial charge in [-0.2, -0.15) is 0 Å². The van der Waals surface area contributed by atoms with Crippen molar-refractivity contribution in [2.45, 2.75) is 32.1 Å². The lowest BCUT2D eigenvalue weighted by atomic mass is 9.97. The molecule has 0 spiro atoms. The summed E-state index contributed by atoms with van der Waals surface area (Å²) in [5.74, 6) is 0.674. The van der Waals surface area contributed by atoms with Gasteiger partial charge in [0, 0.05) is 28.3 Å². The van der Waals surface area contributed by atoms with E-state index >= 15 is 0 Å². The summed E-state index contributed by atoms with van der Waals surface area (Å²) >= 11 is 3.55. The number of fused-ring (bicyclic) bond motifs is 1. The highest BCUT2D eigenvalue weighted by atomic mass is 79.9. The molecule has 1 aliphatic rings. The maximum absolute atomic E-state index is 12.5. The summed E-state index contributed by atoms with van der Waals surface area (Å²) in [6, 6.07) is 11.5. The first-order valence-corrected chi connectivity index (χ1v) is 10.1. The minimum Gasteiger partial charge on any atom is -0.352 e. The monoisotopic (exact) mass is 424 g/mol. The molecular formula is C21H21BrN4O. The van der Waals surface area contributed by atoms with Crippen molar-refractivity contribution in [1.82, 2.24) is 19.9 Å². The molecular weight excluding hydrogens is 404 g/mol. The summed E-state index contributed by atoms with van der Waals surface area (Å²) in [5, 5.41) is 11.5. The minimum atomic E-state index is -0.0700. The normalized spacial score (nSPS) is 14.2. The van der Waals surface area contributed by atoms with Gasteiger partial charge < -0.3 is 5.32 Å². The Hall–Kier alpha value is -2.47. The van der Waals surface area contributed by atoms with E-state index in [4.69, 9.17) is 0 Å². The first-order chi connectivity index (χ1) is 13.2. The van der Waals surface area contributed by atoms with Gasteiger partial charge in [0.2, 0.25) is 0 Å². The third-order valence-electron chi connectivity index (χ3n) is 4.90. The highest BCUT2D eigenvalue weighted by Crippen LogP contribution is 2.27. The smallest absolute Gasteiger partial charge is 0.251 e. The number of halogens is 1. The number of hydrogen-bond donors (Lipinski definition) is 1. The number of amides is 1. The maximum atomic E-state index is 12.5. The molecule has 0 saturated heterocycles. The van der Waals surface area contributed by atoms with Crippen molar-refractivity contribution in [2.24, 2.45) is 0 Å². The molecule has 0 unspecified atom stereocenters. The van der Waals surface area contributed by atoms with Crippen molar-refractivity contribution in [3.8, 4) is 11.4 Å². The molecule has 1 aromatic carbocycles. The average molecular weight is 425 g/mol. The molecule has 27 heavy (non-hydrogen) atoms. The zero-order valence-corrected chi connectivity index (χ0v) is 16.6. The van der Waals surface area contributed by atoms with Crippen molar-refractivity contribution in [3.05, 3.63) is 64.3 Å². The molecule has 0 bridgehead atoms. The number of aromatic nitrogens is 3. The van der Waals surface area contributed by atoms with Crippen LogP contribution < -0.4 is 5.32 Å². The molecule has 5 nitrogen and oxygen atoms in total. The largest absolute Gasteiger partial charge is 0.352 e. The molecule has 1 aliphatic carbocycles. The fraction of sp³-hybridized carbons (Fsp3) is 0.286. The van der Waals surface area contributed by atoms with E-state index in [1.165, 1.54) is 31.3 Å². The van der Waals surface area contributed by atoms with Crippen LogP contribution in [-0.2, 0) is 0 Å². The first-order valence-electron chi connectivity index (χ1n) is 9.28. The van der Waals surface area contributed by atoms with Crippen molar-refractivity contribution in [2.75, 3.05) is 6.54 Å². The van der Waals surface area contributed by atoms with E-state index < -0.39 is 0 Å². The van der Waals surface area contributed by atoms with Gasteiger partial charge in [-0.05, 0) is 50.3 Å². The summed E-state index contributed by atoms with van der Waals surface area (Å²) in [4.78, 5) is 12.5. The van der Waals surface area contributed by atoms with Crippen LogP contribution in [0.15, 0.2) is 58.7 Å². The molecule has 0 saturated carbocycles. The Morgan fingerprint density at radius 3 is 2.89 bits per heavy atom. The number of rotatable bonds is 5. The lowest BCUT2D eigenvalue weighted by molar-refractivity contribution is 0.0954. The quantitative estimate of drug-likeness (QED) is 0.599. The van der Waals surface area contributed by atoms with Gasteiger partial charge in [0.25, 0.3) is 5.91 Å². The van der Waals surface area contributed by atoms with E-state index in [0.29, 0.717) is 17.8 Å². The molecule has 0 radical (unpaired) electrons. The van der Waals surface area contributed by atoms with Crippen molar-refractivity contribution < 1.29 is 4.79 Å². The molecule has 6 heteroatoms. The van der Waals surface area contributed by atoms with Crippen LogP contribution in [0.2, 0.25) is 0 Å². The standard InChI is InChI=1S/C21H21BrN4O/c22-18-9-5-4-8-17(18)20-25-24-19-14-16(11-13-26(19)20)21(27)23-12-10-15-6-2-1-3-7-15/h4-6,8-9,11,13-14H,1-3,7,10,12H2,(H,23,27). The predicted octanol–water partition coefficient (Wildman–Crippen LogP) is 4.78. The number of hydrogen-bond acceptors (Lipinski definition) is 3. The molecule has 4 rings (SSSR count). The predicted molar refractivity (Wildman–Crippen MR) is 110 cm³/mol. The second-order valence-corrected chi connectivity index (χ2v) is 7.62. The Labute approximate surface area is 166 Å². The average Bonchev–Trinajstić information content (AvgIpc) is 3.12. The topological polar surface area (TPSA) is 59.3 Å². The van der Waals surface area contributed by atoms with E-state index in [1.54, 1.807) is 6.07 Å². The maximum Gasteiger partial charge on any atom is 0.251 e. The third kappa shape index (κ3) is 3.95. The van der Waals surface area contributed by atoms with Crippen LogP contribution in [0.5, 0.6) is 0 Å². The number of carbonyl (C=O) groups is 1. The number of allylic oxidation sites excluding steroid dienone is 1. The van der Waals surface area contributed by atoms with Gasteiger partial charge in [-0.25, -0.2) is 0 Å². The molecule has 2 aromatic heterocycles. The fourth-order valence-electron chi connectivity index (χ4n) is 3.43. The number of nitrogens with one attached hydrogen (secondary N) is 1. The van der Waals surface area contributed by atoms with Crippen molar-refractivity contribution in [1.29, 1.82) is 0 Å². The molecule has 2 heterocycles. The van der Waals surface area contributed by atoms with Crippen molar-refractivity contribution in [3.63, 3.8) is 0 Å². The van der Waals surface area contributed by atoms with Gasteiger partial charge in [0.05, 0.1) is 0 Å². The molecule has 1 amide bonds. The number of carbonyl (C=O) groups excluding carboxylic acids is 1. The molecule has 0 fully saturated rings. The molecule has 0 aliphatic heterocycles. The Kier molecular flexibility index (Phi) is 5.34. The lowest BCUT2D eigenvalue weighted by Crippen LogP contribution is -2.25. The summed E-state index contributed by atoms with van der Waals surface area (Å²) < 4.78 is 2.85. The second-order valence-electron chi connectivity index (χ2n) is 6.76. The zero-order valence-electron chi connectivity index (χ0n) is 15.0. The first kappa shape index (κ1) is 17.9. The number of pyridine rings is 1. The minimum absolute atomic E-state index is 0.0700. The van der Waals surface area contributed by atoms with Crippen LogP contribution in [0.4, 0.5) is 0 Å². The number of nitrogens with zero attached hydrogens (tertiary/aromatic N) is 3. The SMILES string of the molecule is O=C(NCCC1=CCCCC1)c1ccn2c(-c3ccccc3Br)nnc2c1. The van der Waals surface area contributed by atoms with Gasteiger partial charge in [0.15, 0.2) is 11.5 Å². The molecule has 1 N–H and O–H groups in total. The van der Waals surface area contributed by atoms with E-state index in [1.807, 2.05) is 40.9 Å². The van der Waals surface area contributed by atoms with Gasteiger partial charge in [-0.1, -0.05) is 45.8 Å². The summed E-state index contributed by atoms with van der Waals surface area (Å²) in [7, 11) is 0. The van der Waals surface area contributed by atoms with Crippen LogP contribution in [0.3, 0.4) is 0 Å². The Balaban J connectivity index is 1.48. The summed E-state index contributed by atoms with van der Waals surface area (Å²) in [6.07, 6.45) is 10.00. The van der Waals surface area contributed by atoms with Crippen molar-refractivity contribution >= 4 is 27.5 Å². The summed E-state index contributed by atoms with van der Waals surface area (Å²) in [6.45, 7) is 0.671. The van der Waals surface area contributed by atoms with Crippen LogP contribution in [0, 0.1) is 0 Å². The highest BCUT2D eigenvalue weighted by molar-refractivity contribution is 9.10. The molecule has 0 atom stereocenters. The Morgan fingerprint density at radius 1 is 1.19 bits per heavy atom. The van der Waals surface area contributed by atoms with E-state index in [9.17, 15) is 4.79 Å². The summed E-state index contributed by atoms with van der Waals surface area (Å²) in [5.41, 5.74) is 3.69. The lowest BCUT2D eigenvalue weighted by Gasteiger charge is -2.13. The van der Waals surface area contributed by atoms with Crippen LogP contribution in [0.1, 0.15) is 42.5 Å². The third-order valence-corrected chi connectivity index (χ3v) is 5.60. The van der Waals surface area contributed by atoms with Crippen LogP contribution >= 0.6 is 15.9 Å². The van der Waals surface area contributed by atoms with Gasteiger partial charge in [-0.15, -0.1) is 10.2 Å². The zero-order chi connectivity index (χ0) is 18.6. The molecule has 3 aromatic rings. The van der Waals surface area contributed by atoms with Gasteiger partial charge in [0.1, 0.15) is 0 Å². The fourth-order valence-corrected chi connectivity index (χ4v) is 3.89. The van der Waals surface area contributed by atoms with Gasteiger partial charge in [-0.3, -0.25) is 9.20 Å². The van der Waals surface area contributed by atoms with E-state index in [0.717, 1.165) is 22.3 Å². The van der Waals surface area contributed by atoms with Crippen LogP contribution in [-0.4, -0.2) is 27.0 Å². The second kappa shape index (κ2) is 8.05. The van der Waals surface area contributed by atoms with Gasteiger partial charge >= 0.3 is 0 Å². The van der Waals surface area contributed by atoms with Crippen LogP contribution in [0.25, 0.3) is 17.0 Å². The molecule has 138 valence electrons. The Morgan fingerprint density at radius 2 is 2.07 bits per heavy atom. The van der Waals surface area contributed by atoms with E-state index in [2.05, 4.69) is 37.5 Å².